The number of aliphatic carboxylic acids is 1. The minimum Gasteiger partial charge on any atom is -0.481 e. The van der Waals surface area contributed by atoms with Crippen LogP contribution in [0.25, 0.3) is 0 Å². The van der Waals surface area contributed by atoms with E-state index in [0.717, 1.165) is 35.2 Å². The van der Waals surface area contributed by atoms with Gasteiger partial charge in [0.2, 0.25) is 5.91 Å². The lowest BCUT2D eigenvalue weighted by atomic mass is 9.95. The van der Waals surface area contributed by atoms with Crippen molar-refractivity contribution in [3.63, 3.8) is 0 Å². The zero-order valence-electron chi connectivity index (χ0n) is 16.7. The van der Waals surface area contributed by atoms with Crippen LogP contribution in [0.3, 0.4) is 0 Å². The van der Waals surface area contributed by atoms with Gasteiger partial charge in [0.15, 0.2) is 0 Å². The highest BCUT2D eigenvalue weighted by Crippen LogP contribution is 2.36. The smallest absolute Gasteiger partial charge is 0.417 e. The molecule has 1 heterocycles. The summed E-state index contributed by atoms with van der Waals surface area (Å²) in [5.41, 5.74) is -3.07. The SMILES string of the molecule is N=C(c1c(F)cccc1NC(=O)c1c(Cl)cccc1C(F)(F)F)N1CCC(C(=O)O)CC1=O. The van der Waals surface area contributed by atoms with Crippen molar-refractivity contribution in [2.45, 2.75) is 19.0 Å². The van der Waals surface area contributed by atoms with Crippen LogP contribution in [0.4, 0.5) is 23.2 Å². The van der Waals surface area contributed by atoms with Crippen LogP contribution in [0.1, 0.15) is 34.3 Å². The number of likely N-dealkylation sites (tertiary alicyclic amines) is 1. The molecule has 1 saturated heterocycles. The first-order chi connectivity index (χ1) is 15.4. The average molecular weight is 486 g/mol. The van der Waals surface area contributed by atoms with Gasteiger partial charge in [0.05, 0.1) is 33.3 Å². The number of benzene rings is 2. The van der Waals surface area contributed by atoms with Crippen molar-refractivity contribution in [3.05, 3.63) is 63.9 Å². The van der Waals surface area contributed by atoms with Gasteiger partial charge in [-0.05, 0) is 30.7 Å². The summed E-state index contributed by atoms with van der Waals surface area (Å²) in [4.78, 5) is 37.1. The predicted octanol–water partition coefficient (Wildman–Crippen LogP) is 4.40. The van der Waals surface area contributed by atoms with Crippen molar-refractivity contribution in [2.24, 2.45) is 5.92 Å². The topological polar surface area (TPSA) is 111 Å². The summed E-state index contributed by atoms with van der Waals surface area (Å²) >= 11 is 5.83. The second-order valence-electron chi connectivity index (χ2n) is 7.20. The molecule has 0 saturated carbocycles. The van der Waals surface area contributed by atoms with E-state index in [9.17, 15) is 31.9 Å². The molecule has 174 valence electrons. The molecule has 2 amide bonds. The van der Waals surface area contributed by atoms with Crippen LogP contribution in [0.15, 0.2) is 36.4 Å². The van der Waals surface area contributed by atoms with Crippen molar-refractivity contribution in [1.29, 1.82) is 5.41 Å². The Balaban J connectivity index is 1.95. The van der Waals surface area contributed by atoms with Crippen LogP contribution in [0.2, 0.25) is 5.02 Å². The number of nitrogens with zero attached hydrogens (tertiary/aromatic N) is 1. The lowest BCUT2D eigenvalue weighted by Gasteiger charge is -2.31. The molecule has 1 atom stereocenters. The third-order valence-corrected chi connectivity index (χ3v) is 5.40. The number of amides is 2. The van der Waals surface area contributed by atoms with E-state index >= 15 is 0 Å². The Bertz CT molecular complexity index is 1150. The summed E-state index contributed by atoms with van der Waals surface area (Å²) in [7, 11) is 0. The Labute approximate surface area is 189 Å². The van der Waals surface area contributed by atoms with E-state index in [1.54, 1.807) is 0 Å². The van der Waals surface area contributed by atoms with Crippen LogP contribution < -0.4 is 5.32 Å². The Hall–Kier alpha value is -3.47. The van der Waals surface area contributed by atoms with Gasteiger partial charge in [0.25, 0.3) is 5.91 Å². The maximum atomic E-state index is 14.7. The van der Waals surface area contributed by atoms with Gasteiger partial charge in [-0.3, -0.25) is 24.7 Å². The lowest BCUT2D eigenvalue weighted by molar-refractivity contribution is -0.147. The van der Waals surface area contributed by atoms with Gasteiger partial charge in [-0.2, -0.15) is 13.2 Å². The molecule has 0 spiro atoms. The number of carbonyl (C=O) groups excluding carboxylic acids is 2. The fourth-order valence-corrected chi connectivity index (χ4v) is 3.72. The number of rotatable bonds is 4. The zero-order valence-corrected chi connectivity index (χ0v) is 17.4. The molecule has 0 aliphatic carbocycles. The molecule has 2 aromatic rings. The Kier molecular flexibility index (Phi) is 6.73. The van der Waals surface area contributed by atoms with Crippen molar-refractivity contribution >= 4 is 40.9 Å². The zero-order chi connectivity index (χ0) is 24.5. The van der Waals surface area contributed by atoms with E-state index in [-0.39, 0.29) is 18.7 Å². The molecule has 3 rings (SSSR count). The van der Waals surface area contributed by atoms with E-state index in [1.165, 1.54) is 0 Å². The van der Waals surface area contributed by atoms with E-state index in [2.05, 4.69) is 5.32 Å². The van der Waals surface area contributed by atoms with E-state index < -0.39 is 69.7 Å². The molecule has 2 aromatic carbocycles. The highest BCUT2D eigenvalue weighted by atomic mass is 35.5. The fraction of sp³-hybridized carbons (Fsp3) is 0.238. The lowest BCUT2D eigenvalue weighted by Crippen LogP contribution is -2.45. The first-order valence-corrected chi connectivity index (χ1v) is 9.87. The summed E-state index contributed by atoms with van der Waals surface area (Å²) in [6.45, 7) is -0.181. The molecule has 12 heteroatoms. The number of halogens is 5. The van der Waals surface area contributed by atoms with Crippen molar-refractivity contribution < 1.29 is 37.1 Å². The highest BCUT2D eigenvalue weighted by Gasteiger charge is 2.37. The summed E-state index contributed by atoms with van der Waals surface area (Å²) < 4.78 is 54.7. The predicted molar refractivity (Wildman–Crippen MR) is 110 cm³/mol. The van der Waals surface area contributed by atoms with E-state index in [0.29, 0.717) is 6.07 Å². The average Bonchev–Trinajstić information content (AvgIpc) is 2.72. The third kappa shape index (κ3) is 4.98. The van der Waals surface area contributed by atoms with Crippen molar-refractivity contribution in [1.82, 2.24) is 4.90 Å². The number of piperidine rings is 1. The van der Waals surface area contributed by atoms with Crippen LogP contribution in [0.5, 0.6) is 0 Å². The molecule has 1 aliphatic heterocycles. The largest absolute Gasteiger partial charge is 0.481 e. The number of carbonyl (C=O) groups is 3. The first kappa shape index (κ1) is 24.2. The third-order valence-electron chi connectivity index (χ3n) is 5.09. The molecule has 7 nitrogen and oxygen atoms in total. The fourth-order valence-electron chi connectivity index (χ4n) is 3.46. The maximum absolute atomic E-state index is 14.7. The normalized spacial score (nSPS) is 16.5. The quantitative estimate of drug-likeness (QED) is 0.338. The second-order valence-corrected chi connectivity index (χ2v) is 7.61. The molecule has 1 aliphatic rings. The summed E-state index contributed by atoms with van der Waals surface area (Å²) in [5.74, 6) is -5.81. The standard InChI is InChI=1S/C21H16ClF4N3O4/c22-12-4-1-3-11(21(24,25)26)16(12)19(31)28-14-6-2-5-13(23)17(14)18(27)29-8-7-10(20(32)33)9-15(29)30/h1-6,10,27H,7-9H2,(H,28,31)(H,32,33). The number of hydrogen-bond donors (Lipinski definition) is 3. The van der Waals surface area contributed by atoms with Crippen molar-refractivity contribution in [2.75, 3.05) is 11.9 Å². The van der Waals surface area contributed by atoms with Crippen LogP contribution in [0, 0.1) is 17.1 Å². The Morgan fingerprint density at radius 2 is 1.82 bits per heavy atom. The van der Waals surface area contributed by atoms with Gasteiger partial charge in [-0.1, -0.05) is 23.7 Å². The maximum Gasteiger partial charge on any atom is 0.417 e. The minimum atomic E-state index is -4.89. The van der Waals surface area contributed by atoms with Gasteiger partial charge in [-0.15, -0.1) is 0 Å². The molecule has 0 aromatic heterocycles. The van der Waals surface area contributed by atoms with Gasteiger partial charge < -0.3 is 10.4 Å². The van der Waals surface area contributed by atoms with Gasteiger partial charge in [-0.25, -0.2) is 4.39 Å². The number of amidine groups is 1. The molecule has 0 bridgehead atoms. The molecule has 33 heavy (non-hydrogen) atoms. The van der Waals surface area contributed by atoms with E-state index in [4.69, 9.17) is 22.1 Å². The summed E-state index contributed by atoms with van der Waals surface area (Å²) in [6, 6.07) is 6.05. The van der Waals surface area contributed by atoms with E-state index in [1.807, 2.05) is 0 Å². The number of anilines is 1. The van der Waals surface area contributed by atoms with Crippen LogP contribution in [-0.2, 0) is 15.8 Å². The second kappa shape index (κ2) is 9.18. The number of nitrogens with one attached hydrogen (secondary N) is 2. The van der Waals surface area contributed by atoms with Gasteiger partial charge in [0.1, 0.15) is 11.7 Å². The monoisotopic (exact) mass is 485 g/mol. The first-order valence-electron chi connectivity index (χ1n) is 9.49. The molecule has 0 radical (unpaired) electrons. The molecule has 1 fully saturated rings. The van der Waals surface area contributed by atoms with Crippen LogP contribution >= 0.6 is 11.6 Å². The van der Waals surface area contributed by atoms with Gasteiger partial charge in [0, 0.05) is 13.0 Å². The molecule has 3 N–H and O–H groups in total. The molecule has 1 unspecified atom stereocenters. The number of carboxylic acids is 1. The number of alkyl halides is 3. The Morgan fingerprint density at radius 1 is 1.15 bits per heavy atom. The Morgan fingerprint density at radius 3 is 2.42 bits per heavy atom. The summed E-state index contributed by atoms with van der Waals surface area (Å²) in [6.07, 6.45) is -5.27. The van der Waals surface area contributed by atoms with Crippen molar-refractivity contribution in [3.8, 4) is 0 Å². The highest BCUT2D eigenvalue weighted by molar-refractivity contribution is 6.34. The number of carboxylic acid groups (broad SMARTS) is 1. The molecular formula is C21H16ClF4N3O4. The minimum absolute atomic E-state index is 0.0220. The van der Waals surface area contributed by atoms with Crippen LogP contribution in [-0.4, -0.2) is 40.2 Å². The summed E-state index contributed by atoms with van der Waals surface area (Å²) in [5, 5.41) is 19.0. The number of hydrogen-bond acceptors (Lipinski definition) is 4. The molecular weight excluding hydrogens is 470 g/mol. The van der Waals surface area contributed by atoms with Gasteiger partial charge >= 0.3 is 12.1 Å².